The Hall–Kier alpha value is -1.11. The van der Waals surface area contributed by atoms with Gasteiger partial charge in [-0.25, -0.2) is 0 Å². The van der Waals surface area contributed by atoms with Gasteiger partial charge in [0.1, 0.15) is 0 Å². The summed E-state index contributed by atoms with van der Waals surface area (Å²) in [4.78, 5) is 1.98. The van der Waals surface area contributed by atoms with E-state index in [9.17, 15) is 0 Å². The van der Waals surface area contributed by atoms with E-state index in [0.29, 0.717) is 0 Å². The van der Waals surface area contributed by atoms with Gasteiger partial charge in [0.05, 0.1) is 22.9 Å². The first-order valence-corrected chi connectivity index (χ1v) is 5.08. The van der Waals surface area contributed by atoms with Crippen LogP contribution in [-0.2, 0) is 5.41 Å². The van der Waals surface area contributed by atoms with Gasteiger partial charge >= 0.3 is 0 Å². The molecule has 5 heteroatoms. The minimum Gasteiger partial charge on any atom is -0.397 e. The maximum Gasteiger partial charge on any atom is 0.0824 e. The molecule has 3 nitrogen and oxygen atoms in total. The topological polar surface area (TPSA) is 53.0 Å². The Morgan fingerprint density at radius 3 is 2.24 bits per heavy atom. The van der Waals surface area contributed by atoms with Crippen molar-refractivity contribution >= 4 is 36.2 Å². The molecule has 0 unspecified atom stereocenters. The van der Waals surface area contributed by atoms with Crippen molar-refractivity contribution in [3.8, 4) is 6.07 Å². The second kappa shape index (κ2) is 5.48. The van der Waals surface area contributed by atoms with Crippen LogP contribution in [0.25, 0.3) is 0 Å². The average molecular weight is 274 g/mol. The fourth-order valence-electron chi connectivity index (χ4n) is 1.85. The lowest BCUT2D eigenvalue weighted by atomic mass is 9.97. The van der Waals surface area contributed by atoms with E-state index < -0.39 is 0 Å². The number of nitrogens with two attached hydrogens (primary N) is 1. The minimum atomic E-state index is -0.237. The molecule has 1 saturated carbocycles. The van der Waals surface area contributed by atoms with Crippen LogP contribution in [-0.4, -0.2) is 14.1 Å². The average Bonchev–Trinajstić information content (AvgIpc) is 2.97. The number of nitriles is 1. The number of hydrogen-bond acceptors (Lipinski definition) is 3. The maximum absolute atomic E-state index is 9.08. The first kappa shape index (κ1) is 15.9. The molecular formula is C12H17Cl2N3. The molecule has 1 aromatic rings. The highest BCUT2D eigenvalue weighted by atomic mass is 35.5. The molecule has 1 aromatic carbocycles. The zero-order chi connectivity index (χ0) is 11.1. The Bertz CT molecular complexity index is 434. The maximum atomic E-state index is 9.08. The van der Waals surface area contributed by atoms with E-state index in [-0.39, 0.29) is 30.2 Å². The molecule has 0 bridgehead atoms. The molecule has 2 N–H and O–H groups in total. The van der Waals surface area contributed by atoms with Crippen LogP contribution in [0, 0.1) is 11.3 Å². The number of halogens is 2. The molecule has 94 valence electrons. The van der Waals surface area contributed by atoms with Crippen molar-refractivity contribution in [2.75, 3.05) is 24.7 Å². The highest BCUT2D eigenvalue weighted by Crippen LogP contribution is 2.48. The molecule has 1 fully saturated rings. The van der Waals surface area contributed by atoms with E-state index in [4.69, 9.17) is 11.0 Å². The molecule has 0 aliphatic heterocycles. The summed E-state index contributed by atoms with van der Waals surface area (Å²) in [6, 6.07) is 8.32. The quantitative estimate of drug-likeness (QED) is 0.844. The third-order valence-corrected chi connectivity index (χ3v) is 3.03. The van der Waals surface area contributed by atoms with Gasteiger partial charge in [0, 0.05) is 14.1 Å². The lowest BCUT2D eigenvalue weighted by molar-refractivity contribution is 0.908. The van der Waals surface area contributed by atoms with Crippen LogP contribution in [0.3, 0.4) is 0 Å². The van der Waals surface area contributed by atoms with Gasteiger partial charge in [-0.2, -0.15) is 5.26 Å². The summed E-state index contributed by atoms with van der Waals surface area (Å²) in [5.74, 6) is 0. The van der Waals surface area contributed by atoms with Gasteiger partial charge in [0.2, 0.25) is 0 Å². The van der Waals surface area contributed by atoms with Crippen LogP contribution in [0.2, 0.25) is 0 Å². The van der Waals surface area contributed by atoms with Gasteiger partial charge in [-0.15, -0.1) is 24.8 Å². The summed E-state index contributed by atoms with van der Waals surface area (Å²) >= 11 is 0. The van der Waals surface area contributed by atoms with Crippen LogP contribution in [0.4, 0.5) is 11.4 Å². The summed E-state index contributed by atoms with van der Waals surface area (Å²) in [5, 5.41) is 9.08. The number of benzene rings is 1. The van der Waals surface area contributed by atoms with Gasteiger partial charge < -0.3 is 10.6 Å². The Balaban J connectivity index is 0.00000128. The molecule has 0 heterocycles. The predicted octanol–water partition coefficient (Wildman–Crippen LogP) is 2.73. The van der Waals surface area contributed by atoms with E-state index in [2.05, 4.69) is 6.07 Å². The summed E-state index contributed by atoms with van der Waals surface area (Å²) < 4.78 is 0. The monoisotopic (exact) mass is 273 g/mol. The lowest BCUT2D eigenvalue weighted by Crippen LogP contribution is -2.12. The Morgan fingerprint density at radius 2 is 1.88 bits per heavy atom. The van der Waals surface area contributed by atoms with Gasteiger partial charge in [0.15, 0.2) is 0 Å². The van der Waals surface area contributed by atoms with Crippen molar-refractivity contribution in [2.24, 2.45) is 0 Å². The molecule has 1 aliphatic rings. The zero-order valence-corrected chi connectivity index (χ0v) is 11.6. The zero-order valence-electron chi connectivity index (χ0n) is 9.93. The molecule has 0 aromatic heterocycles. The summed E-state index contributed by atoms with van der Waals surface area (Å²) in [6.07, 6.45) is 1.93. The summed E-state index contributed by atoms with van der Waals surface area (Å²) in [5.41, 5.74) is 8.53. The van der Waals surface area contributed by atoms with Gasteiger partial charge in [-0.05, 0) is 30.5 Å². The highest BCUT2D eigenvalue weighted by Gasteiger charge is 2.44. The molecule has 0 atom stereocenters. The Morgan fingerprint density at radius 1 is 1.29 bits per heavy atom. The number of nitrogen functional groups attached to an aromatic ring is 1. The summed E-state index contributed by atoms with van der Waals surface area (Å²) in [7, 11) is 3.92. The van der Waals surface area contributed by atoms with Crippen molar-refractivity contribution in [1.29, 1.82) is 5.26 Å². The van der Waals surface area contributed by atoms with E-state index in [1.165, 1.54) is 0 Å². The largest absolute Gasteiger partial charge is 0.397 e. The molecule has 17 heavy (non-hydrogen) atoms. The number of nitrogens with zero attached hydrogens (tertiary/aromatic N) is 2. The van der Waals surface area contributed by atoms with Crippen molar-refractivity contribution < 1.29 is 0 Å². The molecular weight excluding hydrogens is 257 g/mol. The number of rotatable bonds is 2. The predicted molar refractivity (Wildman–Crippen MR) is 76.2 cm³/mol. The SMILES string of the molecule is CN(C)c1ccc(C2(C#N)CC2)cc1N.Cl.Cl. The third kappa shape index (κ3) is 2.77. The van der Waals surface area contributed by atoms with Crippen LogP contribution in [0.15, 0.2) is 18.2 Å². The molecule has 2 rings (SSSR count). The second-order valence-corrected chi connectivity index (χ2v) is 4.36. The molecule has 0 amide bonds. The van der Waals surface area contributed by atoms with Crippen molar-refractivity contribution in [3.05, 3.63) is 23.8 Å². The fourth-order valence-corrected chi connectivity index (χ4v) is 1.85. The second-order valence-electron chi connectivity index (χ2n) is 4.36. The number of anilines is 2. The highest BCUT2D eigenvalue weighted by molar-refractivity contribution is 5.85. The normalized spacial score (nSPS) is 14.9. The van der Waals surface area contributed by atoms with Crippen molar-refractivity contribution in [2.45, 2.75) is 18.3 Å². The van der Waals surface area contributed by atoms with E-state index in [1.807, 2.05) is 37.2 Å². The van der Waals surface area contributed by atoms with E-state index >= 15 is 0 Å². The molecule has 0 radical (unpaired) electrons. The Kier molecular flexibility index (Phi) is 5.12. The lowest BCUT2D eigenvalue weighted by Gasteiger charge is -2.17. The first-order chi connectivity index (χ1) is 7.09. The first-order valence-electron chi connectivity index (χ1n) is 5.08. The number of hydrogen-bond donors (Lipinski definition) is 1. The fraction of sp³-hybridized carbons (Fsp3) is 0.417. The van der Waals surface area contributed by atoms with Crippen molar-refractivity contribution in [1.82, 2.24) is 0 Å². The third-order valence-electron chi connectivity index (χ3n) is 3.03. The van der Waals surface area contributed by atoms with E-state index in [1.54, 1.807) is 0 Å². The molecule has 1 aliphatic carbocycles. The van der Waals surface area contributed by atoms with Gasteiger partial charge in [-0.1, -0.05) is 6.07 Å². The Labute approximate surface area is 114 Å². The van der Waals surface area contributed by atoms with Crippen LogP contribution in [0.5, 0.6) is 0 Å². The molecule has 0 spiro atoms. The van der Waals surface area contributed by atoms with Crippen LogP contribution in [0.1, 0.15) is 18.4 Å². The van der Waals surface area contributed by atoms with Crippen LogP contribution < -0.4 is 10.6 Å². The standard InChI is InChI=1S/C12H15N3.2ClH/c1-15(2)11-4-3-9(7-10(11)14)12(8-13)5-6-12;;/h3-4,7H,5-6,14H2,1-2H3;2*1H. The van der Waals surface area contributed by atoms with E-state index in [0.717, 1.165) is 29.8 Å². The van der Waals surface area contributed by atoms with Gasteiger partial charge in [0.25, 0.3) is 0 Å². The summed E-state index contributed by atoms with van der Waals surface area (Å²) in [6.45, 7) is 0. The van der Waals surface area contributed by atoms with Crippen molar-refractivity contribution in [3.63, 3.8) is 0 Å². The van der Waals surface area contributed by atoms with Crippen LogP contribution >= 0.6 is 24.8 Å². The van der Waals surface area contributed by atoms with Gasteiger partial charge in [-0.3, -0.25) is 0 Å². The molecule has 0 saturated heterocycles. The smallest absolute Gasteiger partial charge is 0.0824 e. The minimum absolute atomic E-state index is 0.